The highest BCUT2D eigenvalue weighted by atomic mass is 32.1. The molecule has 0 aromatic heterocycles. The zero-order valence-electron chi connectivity index (χ0n) is 13.7. The van der Waals surface area contributed by atoms with Crippen LogP contribution in [0.4, 0.5) is 22.0 Å². The van der Waals surface area contributed by atoms with Crippen LogP contribution in [0.2, 0.25) is 0 Å². The van der Waals surface area contributed by atoms with Crippen LogP contribution >= 0.6 is 12.2 Å². The quantitative estimate of drug-likeness (QED) is 0.387. The molecule has 1 aromatic rings. The predicted molar refractivity (Wildman–Crippen MR) is 85.8 cm³/mol. The highest BCUT2D eigenvalue weighted by molar-refractivity contribution is 7.80. The van der Waals surface area contributed by atoms with Crippen molar-refractivity contribution in [2.75, 3.05) is 6.61 Å². The zero-order chi connectivity index (χ0) is 20.4. The van der Waals surface area contributed by atoms with Crippen molar-refractivity contribution in [3.8, 4) is 5.75 Å². The first kappa shape index (κ1) is 21.1. The number of thiocarbonyl (C=S) groups is 1. The van der Waals surface area contributed by atoms with Gasteiger partial charge in [-0.2, -0.15) is 22.0 Å². The number of benzene rings is 1. The first-order valence-electron chi connectivity index (χ1n) is 7.59. The van der Waals surface area contributed by atoms with E-state index in [-0.39, 0.29) is 12.2 Å². The predicted octanol–water partition coefficient (Wildman–Crippen LogP) is 2.24. The summed E-state index contributed by atoms with van der Waals surface area (Å²) in [6, 6.07) is 3.26. The van der Waals surface area contributed by atoms with Crippen molar-refractivity contribution in [1.29, 1.82) is 0 Å². The molecule has 0 radical (unpaired) electrons. The Kier molecular flexibility index (Phi) is 6.10. The molecular weight excluding hydrogens is 399 g/mol. The number of alkyl halides is 5. The van der Waals surface area contributed by atoms with Gasteiger partial charge in [0, 0.05) is 5.56 Å². The molecule has 6 nitrogen and oxygen atoms in total. The molecule has 0 saturated carbocycles. The maximum atomic E-state index is 13.6. The maximum Gasteiger partial charge on any atom is 0.437 e. The molecule has 0 aliphatic carbocycles. The van der Waals surface area contributed by atoms with E-state index in [4.69, 9.17) is 12.2 Å². The fourth-order valence-electron chi connectivity index (χ4n) is 2.74. The number of nitrogens with one attached hydrogen (secondary N) is 2. The van der Waals surface area contributed by atoms with Gasteiger partial charge in [-0.05, 0) is 25.2 Å². The van der Waals surface area contributed by atoms with E-state index in [1.165, 1.54) is 25.1 Å². The smallest absolute Gasteiger partial charge is 0.437 e. The van der Waals surface area contributed by atoms with Crippen LogP contribution in [-0.2, 0) is 9.53 Å². The molecule has 3 atom stereocenters. The van der Waals surface area contributed by atoms with Gasteiger partial charge in [0.2, 0.25) is 0 Å². The van der Waals surface area contributed by atoms with Crippen molar-refractivity contribution in [3.63, 3.8) is 0 Å². The van der Waals surface area contributed by atoms with Crippen molar-refractivity contribution in [2.45, 2.75) is 31.5 Å². The summed E-state index contributed by atoms with van der Waals surface area (Å²) < 4.78 is 75.1. The van der Waals surface area contributed by atoms with E-state index in [0.29, 0.717) is 0 Å². The number of hydrogen-bond acceptors (Lipinski definition) is 5. The number of rotatable bonds is 5. The van der Waals surface area contributed by atoms with E-state index in [9.17, 15) is 31.9 Å². The SMILES string of the molecule is CCOC(=O)[C@@H]1[C@@H](c2ccccc2OC(F)F)NC(=S)N[C@@]1(O)C(F)(F)F. The molecular formula is C15H15F5N2O4S. The minimum atomic E-state index is -5.34. The third-order valence-corrected chi connectivity index (χ3v) is 4.04. The van der Waals surface area contributed by atoms with Crippen LogP contribution < -0.4 is 15.4 Å². The first-order chi connectivity index (χ1) is 12.5. The molecule has 150 valence electrons. The molecule has 2 rings (SSSR count). The summed E-state index contributed by atoms with van der Waals surface area (Å²) in [6.45, 7) is -2.17. The van der Waals surface area contributed by atoms with Gasteiger partial charge in [0.25, 0.3) is 5.72 Å². The van der Waals surface area contributed by atoms with Crippen LogP contribution in [0.25, 0.3) is 0 Å². The van der Waals surface area contributed by atoms with E-state index >= 15 is 0 Å². The Bertz CT molecular complexity index is 718. The monoisotopic (exact) mass is 414 g/mol. The summed E-state index contributed by atoms with van der Waals surface area (Å²) in [5.41, 5.74) is -4.02. The van der Waals surface area contributed by atoms with Crippen LogP contribution in [0.15, 0.2) is 24.3 Å². The van der Waals surface area contributed by atoms with Crippen LogP contribution in [0.1, 0.15) is 18.5 Å². The molecule has 0 bridgehead atoms. The molecule has 1 heterocycles. The van der Waals surface area contributed by atoms with E-state index < -0.39 is 47.3 Å². The normalized spacial score (nSPS) is 25.6. The highest BCUT2D eigenvalue weighted by Crippen LogP contribution is 2.44. The van der Waals surface area contributed by atoms with E-state index in [1.54, 1.807) is 5.32 Å². The summed E-state index contributed by atoms with van der Waals surface area (Å²) in [4.78, 5) is 12.3. The van der Waals surface area contributed by atoms with Crippen molar-refractivity contribution in [2.24, 2.45) is 5.92 Å². The third-order valence-electron chi connectivity index (χ3n) is 3.82. The van der Waals surface area contributed by atoms with E-state index in [0.717, 1.165) is 6.07 Å². The maximum absolute atomic E-state index is 13.6. The van der Waals surface area contributed by atoms with Gasteiger partial charge in [0.05, 0.1) is 12.6 Å². The summed E-state index contributed by atoms with van der Waals surface area (Å²) >= 11 is 4.71. The molecule has 12 heteroatoms. The summed E-state index contributed by atoms with van der Waals surface area (Å²) in [6.07, 6.45) is -5.34. The molecule has 0 amide bonds. The standard InChI is InChI=1S/C15H15F5N2O4S/c1-2-25-11(23)9-10(7-5-3-4-6-8(7)26-12(16)17)21-13(27)22-14(9,24)15(18,19)20/h3-6,9-10,12,24H,2H2,1H3,(H2,21,22,27)/t9-,10+,14-/m0/s1. The second-order valence-corrected chi connectivity index (χ2v) is 5.89. The van der Waals surface area contributed by atoms with Gasteiger partial charge >= 0.3 is 18.8 Å². The van der Waals surface area contributed by atoms with Crippen molar-refractivity contribution >= 4 is 23.3 Å². The Hall–Kier alpha value is -2.21. The lowest BCUT2D eigenvalue weighted by Gasteiger charge is -2.45. The average molecular weight is 414 g/mol. The Morgan fingerprint density at radius 1 is 1.37 bits per heavy atom. The zero-order valence-corrected chi connectivity index (χ0v) is 14.5. The number of carbonyl (C=O) groups is 1. The molecule has 0 spiro atoms. The third kappa shape index (κ3) is 4.21. The van der Waals surface area contributed by atoms with Gasteiger partial charge in [-0.1, -0.05) is 18.2 Å². The lowest BCUT2D eigenvalue weighted by molar-refractivity contribution is -0.292. The summed E-state index contributed by atoms with van der Waals surface area (Å²) in [5, 5.41) is 13.7. The lowest BCUT2D eigenvalue weighted by Crippen LogP contribution is -2.73. The fourth-order valence-corrected chi connectivity index (χ4v) is 3.02. The van der Waals surface area contributed by atoms with Gasteiger partial charge < -0.3 is 25.2 Å². The number of hydrogen-bond donors (Lipinski definition) is 3. The van der Waals surface area contributed by atoms with Gasteiger partial charge in [-0.15, -0.1) is 0 Å². The van der Waals surface area contributed by atoms with Crippen molar-refractivity contribution in [3.05, 3.63) is 29.8 Å². The van der Waals surface area contributed by atoms with Crippen molar-refractivity contribution < 1.29 is 41.3 Å². The van der Waals surface area contributed by atoms with Gasteiger partial charge in [-0.3, -0.25) is 4.79 Å². The minimum absolute atomic E-state index is 0.234. The van der Waals surface area contributed by atoms with Crippen molar-refractivity contribution in [1.82, 2.24) is 10.6 Å². The van der Waals surface area contributed by atoms with Crippen LogP contribution in [0.3, 0.4) is 0 Å². The second kappa shape index (κ2) is 7.80. The van der Waals surface area contributed by atoms with Crippen LogP contribution in [-0.4, -0.2) is 41.3 Å². The number of esters is 1. The van der Waals surface area contributed by atoms with Gasteiger partial charge in [0.1, 0.15) is 11.7 Å². The second-order valence-electron chi connectivity index (χ2n) is 5.49. The average Bonchev–Trinajstić information content (AvgIpc) is 2.53. The Labute approximate surface area is 155 Å². The number of para-hydroxylation sites is 1. The summed E-state index contributed by atoms with van der Waals surface area (Å²) in [5.74, 6) is -4.18. The minimum Gasteiger partial charge on any atom is -0.466 e. The number of carbonyl (C=O) groups excluding carboxylic acids is 1. The molecule has 3 N–H and O–H groups in total. The highest BCUT2D eigenvalue weighted by Gasteiger charge is 2.66. The molecule has 1 aromatic carbocycles. The Morgan fingerprint density at radius 3 is 2.56 bits per heavy atom. The van der Waals surface area contributed by atoms with Gasteiger partial charge in [-0.25, -0.2) is 0 Å². The topological polar surface area (TPSA) is 79.8 Å². The van der Waals surface area contributed by atoms with Crippen LogP contribution in [0.5, 0.6) is 5.75 Å². The van der Waals surface area contributed by atoms with E-state index in [1.807, 2.05) is 0 Å². The molecule has 1 fully saturated rings. The van der Waals surface area contributed by atoms with Gasteiger partial charge in [0.15, 0.2) is 5.11 Å². The number of halogens is 5. The largest absolute Gasteiger partial charge is 0.466 e. The Morgan fingerprint density at radius 2 is 2.00 bits per heavy atom. The van der Waals surface area contributed by atoms with Crippen LogP contribution in [0, 0.1) is 5.92 Å². The molecule has 27 heavy (non-hydrogen) atoms. The molecule has 1 aliphatic rings. The Balaban J connectivity index is 2.61. The fraction of sp³-hybridized carbons (Fsp3) is 0.467. The summed E-state index contributed by atoms with van der Waals surface area (Å²) in [7, 11) is 0. The number of aliphatic hydroxyl groups is 1. The lowest BCUT2D eigenvalue weighted by atomic mass is 9.81. The van der Waals surface area contributed by atoms with E-state index in [2.05, 4.69) is 14.8 Å². The molecule has 0 unspecified atom stereocenters. The number of ether oxygens (including phenoxy) is 2. The molecule has 1 saturated heterocycles. The molecule has 1 aliphatic heterocycles. The first-order valence-corrected chi connectivity index (χ1v) is 8.00.